The lowest BCUT2D eigenvalue weighted by Crippen LogP contribution is -2.34. The molecule has 13 heavy (non-hydrogen) atoms. The molecule has 4 heteroatoms. The summed E-state index contributed by atoms with van der Waals surface area (Å²) in [5.74, 6) is 0. The fraction of sp³-hybridized carbons (Fsp3) is 0.111. The number of nitrogens with one attached hydrogen (secondary N) is 2. The number of anilines is 1. The molecule has 4 nitrogen and oxygen atoms in total. The van der Waals surface area contributed by atoms with E-state index in [1.807, 2.05) is 41.7 Å². The van der Waals surface area contributed by atoms with E-state index in [0.717, 1.165) is 12.2 Å². The molecule has 0 aromatic heterocycles. The third-order valence-corrected chi connectivity index (χ3v) is 1.88. The van der Waals surface area contributed by atoms with Gasteiger partial charge in [-0.15, -0.1) is 5.53 Å². The number of rotatable bonds is 2. The fourth-order valence-corrected chi connectivity index (χ4v) is 1.20. The maximum Gasteiger partial charge on any atom is 0.0606 e. The molecule has 1 aromatic carbocycles. The second-order valence-corrected chi connectivity index (χ2v) is 2.94. The zero-order chi connectivity index (χ0) is 9.10. The molecule has 0 saturated heterocycles. The van der Waals surface area contributed by atoms with Gasteiger partial charge in [-0.1, -0.05) is 12.1 Å². The number of hydrogen-bond acceptors (Lipinski definition) is 4. The number of nitrogens with zero attached hydrogens (tertiary/aromatic N) is 1. The Hall–Kier alpha value is -1.68. The average Bonchev–Trinajstić information content (AvgIpc) is 2.62. The van der Waals surface area contributed by atoms with Crippen molar-refractivity contribution in [2.45, 2.75) is 6.54 Å². The van der Waals surface area contributed by atoms with Crippen LogP contribution in [0.4, 0.5) is 5.69 Å². The standard InChI is InChI=1S/C9H12N4/c10-9-3-1-8(2-4-9)7-13-6-5-11-12-13/h1-6,11-12H,7,10H2. The Morgan fingerprint density at radius 2 is 2.00 bits per heavy atom. The number of benzene rings is 1. The van der Waals surface area contributed by atoms with E-state index in [0.29, 0.717) is 0 Å². The highest BCUT2D eigenvalue weighted by atomic mass is 15.7. The first kappa shape index (κ1) is 7.94. The van der Waals surface area contributed by atoms with E-state index >= 15 is 0 Å². The van der Waals surface area contributed by atoms with Gasteiger partial charge < -0.3 is 11.2 Å². The van der Waals surface area contributed by atoms with Crippen LogP contribution in [0, 0.1) is 0 Å². The maximum absolute atomic E-state index is 5.58. The van der Waals surface area contributed by atoms with Crippen LogP contribution in [-0.4, -0.2) is 5.01 Å². The zero-order valence-electron chi connectivity index (χ0n) is 7.20. The Balaban J connectivity index is 2.01. The molecule has 0 amide bonds. The minimum absolute atomic E-state index is 0.798. The van der Waals surface area contributed by atoms with Gasteiger partial charge in [0.1, 0.15) is 0 Å². The number of nitrogens with two attached hydrogens (primary N) is 1. The van der Waals surface area contributed by atoms with Crippen molar-refractivity contribution in [3.63, 3.8) is 0 Å². The smallest absolute Gasteiger partial charge is 0.0606 e. The summed E-state index contributed by atoms with van der Waals surface area (Å²) >= 11 is 0. The van der Waals surface area contributed by atoms with Crippen LogP contribution in [0.25, 0.3) is 0 Å². The van der Waals surface area contributed by atoms with Crippen molar-refractivity contribution in [1.29, 1.82) is 0 Å². The Bertz CT molecular complexity index is 304. The van der Waals surface area contributed by atoms with E-state index in [9.17, 15) is 0 Å². The van der Waals surface area contributed by atoms with Crippen molar-refractivity contribution >= 4 is 5.69 Å². The van der Waals surface area contributed by atoms with Crippen molar-refractivity contribution in [2.24, 2.45) is 0 Å². The Morgan fingerprint density at radius 3 is 2.62 bits per heavy atom. The average molecular weight is 176 g/mol. The molecule has 1 aliphatic heterocycles. The van der Waals surface area contributed by atoms with E-state index in [1.54, 1.807) is 0 Å². The van der Waals surface area contributed by atoms with Crippen LogP contribution in [0.2, 0.25) is 0 Å². The quantitative estimate of drug-likeness (QED) is 0.576. The molecule has 0 fully saturated rings. The molecule has 0 bridgehead atoms. The van der Waals surface area contributed by atoms with Crippen LogP contribution in [0.3, 0.4) is 0 Å². The molecular formula is C9H12N4. The van der Waals surface area contributed by atoms with Crippen molar-refractivity contribution in [2.75, 3.05) is 5.73 Å². The maximum atomic E-state index is 5.58. The summed E-state index contributed by atoms with van der Waals surface area (Å²) in [7, 11) is 0. The van der Waals surface area contributed by atoms with Gasteiger partial charge in [-0.05, 0) is 17.7 Å². The van der Waals surface area contributed by atoms with Crippen LogP contribution >= 0.6 is 0 Å². The number of hydrogen-bond donors (Lipinski definition) is 3. The third-order valence-electron chi connectivity index (χ3n) is 1.88. The van der Waals surface area contributed by atoms with Crippen LogP contribution < -0.4 is 16.7 Å². The lowest BCUT2D eigenvalue weighted by molar-refractivity contribution is 0.264. The number of hydrazine groups is 2. The minimum Gasteiger partial charge on any atom is -0.399 e. The SMILES string of the molecule is Nc1ccc(CN2C=CNN2)cc1. The van der Waals surface area contributed by atoms with Crippen molar-refractivity contribution < 1.29 is 0 Å². The van der Waals surface area contributed by atoms with Crippen LogP contribution in [0.1, 0.15) is 5.56 Å². The largest absolute Gasteiger partial charge is 0.399 e. The summed E-state index contributed by atoms with van der Waals surface area (Å²) in [6.07, 6.45) is 3.79. The fourth-order valence-electron chi connectivity index (χ4n) is 1.20. The van der Waals surface area contributed by atoms with Gasteiger partial charge >= 0.3 is 0 Å². The first-order valence-corrected chi connectivity index (χ1v) is 4.13. The summed E-state index contributed by atoms with van der Waals surface area (Å²) in [6.45, 7) is 0.823. The van der Waals surface area contributed by atoms with Gasteiger partial charge in [-0.25, -0.2) is 0 Å². The lowest BCUT2D eigenvalue weighted by atomic mass is 10.2. The van der Waals surface area contributed by atoms with E-state index in [4.69, 9.17) is 5.73 Å². The molecule has 0 atom stereocenters. The summed E-state index contributed by atoms with van der Waals surface area (Å²) in [5.41, 5.74) is 13.4. The highest BCUT2D eigenvalue weighted by Gasteiger charge is 2.02. The highest BCUT2D eigenvalue weighted by Crippen LogP contribution is 2.08. The molecular weight excluding hydrogens is 164 g/mol. The number of nitrogen functional groups attached to an aromatic ring is 1. The van der Waals surface area contributed by atoms with Gasteiger partial charge in [-0.3, -0.25) is 5.01 Å². The van der Waals surface area contributed by atoms with Gasteiger partial charge in [-0.2, -0.15) is 0 Å². The summed E-state index contributed by atoms with van der Waals surface area (Å²) in [4.78, 5) is 0. The van der Waals surface area contributed by atoms with Crippen LogP contribution in [-0.2, 0) is 6.54 Å². The highest BCUT2D eigenvalue weighted by molar-refractivity contribution is 5.39. The second kappa shape index (κ2) is 3.37. The molecule has 1 aliphatic rings. The predicted molar refractivity (Wildman–Crippen MR) is 51.8 cm³/mol. The molecule has 1 heterocycles. The zero-order valence-corrected chi connectivity index (χ0v) is 7.20. The topological polar surface area (TPSA) is 53.3 Å². The van der Waals surface area contributed by atoms with Crippen molar-refractivity contribution in [1.82, 2.24) is 16.0 Å². The second-order valence-electron chi connectivity index (χ2n) is 2.94. The van der Waals surface area contributed by atoms with Gasteiger partial charge in [0.25, 0.3) is 0 Å². The summed E-state index contributed by atoms with van der Waals surface area (Å²) in [6, 6.07) is 7.84. The van der Waals surface area contributed by atoms with E-state index in [-0.39, 0.29) is 0 Å². The first-order valence-electron chi connectivity index (χ1n) is 4.13. The summed E-state index contributed by atoms with van der Waals surface area (Å²) in [5, 5.41) is 1.95. The van der Waals surface area contributed by atoms with Gasteiger partial charge in [0.15, 0.2) is 0 Å². The molecule has 0 saturated carbocycles. The van der Waals surface area contributed by atoms with Gasteiger partial charge in [0.2, 0.25) is 0 Å². The molecule has 68 valence electrons. The van der Waals surface area contributed by atoms with Gasteiger partial charge in [0.05, 0.1) is 6.54 Å². The van der Waals surface area contributed by atoms with E-state index in [2.05, 4.69) is 11.0 Å². The molecule has 2 rings (SSSR count). The van der Waals surface area contributed by atoms with Crippen molar-refractivity contribution in [3.8, 4) is 0 Å². The van der Waals surface area contributed by atoms with Gasteiger partial charge in [0, 0.05) is 18.1 Å². The molecule has 0 radical (unpaired) electrons. The molecule has 0 spiro atoms. The van der Waals surface area contributed by atoms with Crippen molar-refractivity contribution in [3.05, 3.63) is 42.2 Å². The third kappa shape index (κ3) is 1.91. The predicted octanol–water partition coefficient (Wildman–Crippen LogP) is 0.565. The summed E-state index contributed by atoms with van der Waals surface area (Å²) < 4.78 is 0. The Labute approximate surface area is 77.0 Å². The molecule has 0 aliphatic carbocycles. The Kier molecular flexibility index (Phi) is 2.06. The Morgan fingerprint density at radius 1 is 1.23 bits per heavy atom. The monoisotopic (exact) mass is 176 g/mol. The first-order chi connectivity index (χ1) is 6.34. The molecule has 1 aromatic rings. The van der Waals surface area contributed by atoms with E-state index in [1.165, 1.54) is 5.56 Å². The van der Waals surface area contributed by atoms with Crippen LogP contribution in [0.15, 0.2) is 36.7 Å². The van der Waals surface area contributed by atoms with E-state index < -0.39 is 0 Å². The molecule has 0 unspecified atom stereocenters. The normalized spacial score (nSPS) is 14.6. The minimum atomic E-state index is 0.798. The molecule has 4 N–H and O–H groups in total. The van der Waals surface area contributed by atoms with Crippen LogP contribution in [0.5, 0.6) is 0 Å². The lowest BCUT2D eigenvalue weighted by Gasteiger charge is -2.14.